The van der Waals surface area contributed by atoms with Crippen LogP contribution in [0.2, 0.25) is 0 Å². The molecule has 0 bridgehead atoms. The van der Waals surface area contributed by atoms with Gasteiger partial charge in [0.2, 0.25) is 5.91 Å². The standard InChI is InChI=1S/C13H20N2O2.ClH/c1-4-15(13(16)12(14)9-17-3)11-7-5-6-10(2)8-11;/h5-8,12H,4,9,14H2,1-3H3;1H. The molecule has 0 aliphatic heterocycles. The van der Waals surface area contributed by atoms with Crippen molar-refractivity contribution < 1.29 is 9.53 Å². The van der Waals surface area contributed by atoms with Gasteiger partial charge >= 0.3 is 0 Å². The SMILES string of the molecule is CCN(C(=O)C(N)COC)c1cccc(C)c1.Cl. The van der Waals surface area contributed by atoms with E-state index in [4.69, 9.17) is 10.5 Å². The Labute approximate surface area is 115 Å². The number of rotatable bonds is 5. The van der Waals surface area contributed by atoms with Crippen molar-refractivity contribution in [1.82, 2.24) is 0 Å². The lowest BCUT2D eigenvalue weighted by Crippen LogP contribution is -2.46. The Kier molecular flexibility index (Phi) is 7.59. The van der Waals surface area contributed by atoms with Crippen molar-refractivity contribution in [3.63, 3.8) is 0 Å². The number of nitrogens with zero attached hydrogens (tertiary/aromatic N) is 1. The van der Waals surface area contributed by atoms with Crippen LogP contribution in [0.5, 0.6) is 0 Å². The number of hydrogen-bond donors (Lipinski definition) is 1. The molecule has 5 heteroatoms. The van der Waals surface area contributed by atoms with Crippen molar-refractivity contribution in [2.75, 3.05) is 25.2 Å². The Hall–Kier alpha value is -1.10. The van der Waals surface area contributed by atoms with Crippen molar-refractivity contribution in [2.24, 2.45) is 5.73 Å². The largest absolute Gasteiger partial charge is 0.383 e. The lowest BCUT2D eigenvalue weighted by Gasteiger charge is -2.24. The van der Waals surface area contributed by atoms with E-state index in [9.17, 15) is 4.79 Å². The molecule has 0 spiro atoms. The summed E-state index contributed by atoms with van der Waals surface area (Å²) in [5.41, 5.74) is 7.76. The van der Waals surface area contributed by atoms with Crippen LogP contribution in [0.25, 0.3) is 0 Å². The first-order chi connectivity index (χ1) is 8.10. The van der Waals surface area contributed by atoms with Crippen molar-refractivity contribution in [2.45, 2.75) is 19.9 Å². The van der Waals surface area contributed by atoms with Gasteiger partial charge in [0.05, 0.1) is 6.61 Å². The summed E-state index contributed by atoms with van der Waals surface area (Å²) >= 11 is 0. The zero-order chi connectivity index (χ0) is 12.8. The lowest BCUT2D eigenvalue weighted by atomic mass is 10.2. The van der Waals surface area contributed by atoms with Gasteiger partial charge in [0.15, 0.2) is 0 Å². The quantitative estimate of drug-likeness (QED) is 0.888. The van der Waals surface area contributed by atoms with Gasteiger partial charge in [-0.2, -0.15) is 0 Å². The molecular weight excluding hydrogens is 252 g/mol. The Morgan fingerprint density at radius 3 is 2.67 bits per heavy atom. The van der Waals surface area contributed by atoms with Gasteiger partial charge < -0.3 is 15.4 Å². The number of likely N-dealkylation sites (N-methyl/N-ethyl adjacent to an activating group) is 1. The number of hydrogen-bond acceptors (Lipinski definition) is 3. The molecule has 2 N–H and O–H groups in total. The number of aryl methyl sites for hydroxylation is 1. The van der Waals surface area contributed by atoms with E-state index in [2.05, 4.69) is 0 Å². The van der Waals surface area contributed by atoms with Crippen LogP contribution in [0.4, 0.5) is 5.69 Å². The van der Waals surface area contributed by atoms with Gasteiger partial charge in [-0.25, -0.2) is 0 Å². The molecule has 0 aromatic heterocycles. The Bertz CT molecular complexity index is 385. The highest BCUT2D eigenvalue weighted by Crippen LogP contribution is 2.16. The van der Waals surface area contributed by atoms with Gasteiger partial charge in [0.1, 0.15) is 6.04 Å². The zero-order valence-electron chi connectivity index (χ0n) is 11.1. The van der Waals surface area contributed by atoms with Crippen molar-refractivity contribution in [3.05, 3.63) is 29.8 Å². The van der Waals surface area contributed by atoms with Gasteiger partial charge in [0.25, 0.3) is 0 Å². The number of carbonyl (C=O) groups excluding carboxylic acids is 1. The van der Waals surface area contributed by atoms with E-state index in [1.54, 1.807) is 4.90 Å². The number of carbonyl (C=O) groups is 1. The fourth-order valence-electron chi connectivity index (χ4n) is 1.71. The second-order valence-electron chi connectivity index (χ2n) is 3.98. The molecule has 4 nitrogen and oxygen atoms in total. The van der Waals surface area contributed by atoms with E-state index in [1.165, 1.54) is 7.11 Å². The molecular formula is C13H21ClN2O2. The highest BCUT2D eigenvalue weighted by Gasteiger charge is 2.20. The number of amides is 1. The predicted molar refractivity (Wildman–Crippen MR) is 76.3 cm³/mol. The van der Waals surface area contributed by atoms with Crippen molar-refractivity contribution in [1.29, 1.82) is 0 Å². The summed E-state index contributed by atoms with van der Waals surface area (Å²) in [5.74, 6) is -0.111. The van der Waals surface area contributed by atoms with E-state index >= 15 is 0 Å². The van der Waals surface area contributed by atoms with E-state index in [-0.39, 0.29) is 24.9 Å². The summed E-state index contributed by atoms with van der Waals surface area (Å²) < 4.78 is 4.91. The topological polar surface area (TPSA) is 55.6 Å². The molecule has 102 valence electrons. The number of methoxy groups -OCH3 is 1. The van der Waals surface area contributed by atoms with Crippen LogP contribution in [-0.2, 0) is 9.53 Å². The maximum absolute atomic E-state index is 12.1. The molecule has 0 saturated heterocycles. The van der Waals surface area contributed by atoms with Crippen LogP contribution in [-0.4, -0.2) is 32.2 Å². The number of anilines is 1. The fourth-order valence-corrected chi connectivity index (χ4v) is 1.71. The van der Waals surface area contributed by atoms with Crippen molar-refractivity contribution in [3.8, 4) is 0 Å². The average Bonchev–Trinajstić information content (AvgIpc) is 2.30. The molecule has 0 saturated carbocycles. The first-order valence-electron chi connectivity index (χ1n) is 5.72. The smallest absolute Gasteiger partial charge is 0.246 e. The maximum Gasteiger partial charge on any atom is 0.246 e. The molecule has 0 radical (unpaired) electrons. The van der Waals surface area contributed by atoms with E-state index < -0.39 is 6.04 Å². The van der Waals surface area contributed by atoms with Gasteiger partial charge in [-0.15, -0.1) is 12.4 Å². The third kappa shape index (κ3) is 4.29. The molecule has 0 aliphatic carbocycles. The number of halogens is 1. The summed E-state index contributed by atoms with van der Waals surface area (Å²) in [6, 6.07) is 7.20. The maximum atomic E-state index is 12.1. The zero-order valence-corrected chi connectivity index (χ0v) is 11.9. The predicted octanol–water partition coefficient (Wildman–Crippen LogP) is 1.74. The molecule has 0 aliphatic rings. The molecule has 1 atom stereocenters. The fraction of sp³-hybridized carbons (Fsp3) is 0.462. The first-order valence-corrected chi connectivity index (χ1v) is 5.72. The van der Waals surface area contributed by atoms with Crippen LogP contribution in [0.15, 0.2) is 24.3 Å². The molecule has 18 heavy (non-hydrogen) atoms. The van der Waals surface area contributed by atoms with Crippen LogP contribution in [0, 0.1) is 6.92 Å². The van der Waals surface area contributed by atoms with Gasteiger partial charge in [-0.3, -0.25) is 4.79 Å². The van der Waals surface area contributed by atoms with Crippen LogP contribution in [0.3, 0.4) is 0 Å². The summed E-state index contributed by atoms with van der Waals surface area (Å²) in [6.07, 6.45) is 0. The second-order valence-corrected chi connectivity index (χ2v) is 3.98. The minimum atomic E-state index is -0.611. The van der Waals surface area contributed by atoms with Crippen LogP contribution in [0.1, 0.15) is 12.5 Å². The third-order valence-corrected chi connectivity index (χ3v) is 2.56. The average molecular weight is 273 g/mol. The molecule has 1 aromatic carbocycles. The lowest BCUT2D eigenvalue weighted by molar-refractivity contribution is -0.120. The van der Waals surface area contributed by atoms with Gasteiger partial charge in [-0.1, -0.05) is 12.1 Å². The Balaban J connectivity index is 0.00000289. The van der Waals surface area contributed by atoms with Crippen LogP contribution >= 0.6 is 12.4 Å². The van der Waals surface area contributed by atoms with E-state index in [1.807, 2.05) is 38.1 Å². The van der Waals surface area contributed by atoms with Crippen LogP contribution < -0.4 is 10.6 Å². The number of ether oxygens (including phenoxy) is 1. The second kappa shape index (κ2) is 8.08. The highest BCUT2D eigenvalue weighted by atomic mass is 35.5. The third-order valence-electron chi connectivity index (χ3n) is 2.56. The van der Waals surface area contributed by atoms with E-state index in [0.29, 0.717) is 6.54 Å². The molecule has 1 unspecified atom stereocenters. The first kappa shape index (κ1) is 16.9. The van der Waals surface area contributed by atoms with Gasteiger partial charge in [0, 0.05) is 19.3 Å². The highest BCUT2D eigenvalue weighted by molar-refractivity contribution is 5.97. The number of nitrogens with two attached hydrogens (primary N) is 1. The minimum Gasteiger partial charge on any atom is -0.383 e. The molecule has 1 aromatic rings. The van der Waals surface area contributed by atoms with E-state index in [0.717, 1.165) is 11.3 Å². The minimum absolute atomic E-state index is 0. The molecule has 1 amide bonds. The Morgan fingerprint density at radius 1 is 1.50 bits per heavy atom. The molecule has 0 heterocycles. The monoisotopic (exact) mass is 272 g/mol. The summed E-state index contributed by atoms with van der Waals surface area (Å²) in [7, 11) is 1.54. The summed E-state index contributed by atoms with van der Waals surface area (Å²) in [6.45, 7) is 4.76. The molecule has 0 fully saturated rings. The van der Waals surface area contributed by atoms with Gasteiger partial charge in [-0.05, 0) is 31.5 Å². The normalized spacial score (nSPS) is 11.6. The van der Waals surface area contributed by atoms with Crippen molar-refractivity contribution >= 4 is 24.0 Å². The molecule has 1 rings (SSSR count). The number of benzene rings is 1. The Morgan fingerprint density at radius 2 is 2.17 bits per heavy atom. The summed E-state index contributed by atoms with van der Waals surface area (Å²) in [4.78, 5) is 13.8. The summed E-state index contributed by atoms with van der Waals surface area (Å²) in [5, 5.41) is 0.